The topological polar surface area (TPSA) is 77.3 Å². The number of benzene rings is 2. The Labute approximate surface area is 128 Å². The largest absolute Gasteiger partial charge is 0.298 e. The van der Waals surface area contributed by atoms with Gasteiger partial charge in [-0.05, 0) is 44.0 Å². The molecule has 0 bridgehead atoms. The summed E-state index contributed by atoms with van der Waals surface area (Å²) >= 11 is 0. The van der Waals surface area contributed by atoms with E-state index in [9.17, 15) is 19.7 Å². The van der Waals surface area contributed by atoms with Gasteiger partial charge in [0.05, 0.1) is 10.5 Å². The molecular formula is C17H17NO4. The van der Waals surface area contributed by atoms with Gasteiger partial charge >= 0.3 is 0 Å². The Morgan fingerprint density at radius 3 is 1.82 bits per heavy atom. The predicted molar refractivity (Wildman–Crippen MR) is 84.5 cm³/mol. The van der Waals surface area contributed by atoms with Gasteiger partial charge in [0, 0.05) is 11.6 Å². The summed E-state index contributed by atoms with van der Waals surface area (Å²) in [4.78, 5) is 30.5. The molecule has 0 unspecified atom stereocenters. The van der Waals surface area contributed by atoms with E-state index in [0.29, 0.717) is 6.29 Å². The van der Waals surface area contributed by atoms with Crippen LogP contribution in [-0.4, -0.2) is 17.5 Å². The van der Waals surface area contributed by atoms with Gasteiger partial charge in [-0.2, -0.15) is 0 Å². The molecular weight excluding hydrogens is 282 g/mol. The summed E-state index contributed by atoms with van der Waals surface area (Å²) in [6, 6.07) is 10.3. The lowest BCUT2D eigenvalue weighted by Crippen LogP contribution is -1.94. The molecule has 0 radical (unpaired) electrons. The molecule has 0 saturated heterocycles. The number of carbonyl (C=O) groups is 2. The molecule has 0 spiro atoms. The molecule has 0 aliphatic heterocycles. The number of nitro groups is 1. The molecule has 5 heteroatoms. The van der Waals surface area contributed by atoms with Crippen molar-refractivity contribution in [1.82, 2.24) is 0 Å². The van der Waals surface area contributed by atoms with Crippen LogP contribution in [0.4, 0.5) is 5.69 Å². The van der Waals surface area contributed by atoms with Crippen molar-refractivity contribution in [2.24, 2.45) is 0 Å². The van der Waals surface area contributed by atoms with Crippen LogP contribution in [0.2, 0.25) is 0 Å². The Balaban J connectivity index is 0.000000224. The van der Waals surface area contributed by atoms with Crippen molar-refractivity contribution < 1.29 is 14.5 Å². The Hall–Kier alpha value is -2.82. The van der Waals surface area contributed by atoms with E-state index >= 15 is 0 Å². The molecule has 0 atom stereocenters. The van der Waals surface area contributed by atoms with Gasteiger partial charge in [-0.25, -0.2) is 0 Å². The Kier molecular flexibility index (Phi) is 6.13. The quantitative estimate of drug-likeness (QED) is 0.490. The minimum Gasteiger partial charge on any atom is -0.298 e. The maximum absolute atomic E-state index is 10.4. The maximum Gasteiger partial charge on any atom is 0.279 e. The molecule has 2 aromatic rings. The number of carbonyl (C=O) groups excluding carboxylic acids is 2. The second kappa shape index (κ2) is 7.83. The summed E-state index contributed by atoms with van der Waals surface area (Å²) in [5, 5.41) is 10.3. The molecule has 114 valence electrons. The van der Waals surface area contributed by atoms with E-state index in [1.165, 1.54) is 12.1 Å². The van der Waals surface area contributed by atoms with Crippen LogP contribution in [0.1, 0.15) is 37.4 Å². The van der Waals surface area contributed by atoms with Crippen molar-refractivity contribution in [1.29, 1.82) is 0 Å². The second-order valence-corrected chi connectivity index (χ2v) is 4.92. The fourth-order valence-electron chi connectivity index (χ4n) is 1.82. The van der Waals surface area contributed by atoms with Crippen LogP contribution in [0.15, 0.2) is 36.4 Å². The van der Waals surface area contributed by atoms with Crippen molar-refractivity contribution in [2.45, 2.75) is 20.8 Å². The first kappa shape index (κ1) is 17.2. The lowest BCUT2D eigenvalue weighted by molar-refractivity contribution is -0.385. The number of aryl methyl sites for hydroxylation is 3. The van der Waals surface area contributed by atoms with Crippen LogP contribution in [-0.2, 0) is 0 Å². The first-order chi connectivity index (χ1) is 10.4. The zero-order chi connectivity index (χ0) is 16.7. The van der Waals surface area contributed by atoms with Crippen molar-refractivity contribution >= 4 is 18.3 Å². The molecule has 5 nitrogen and oxygen atoms in total. The van der Waals surface area contributed by atoms with Gasteiger partial charge in [-0.3, -0.25) is 19.7 Å². The monoisotopic (exact) mass is 299 g/mol. The summed E-state index contributed by atoms with van der Waals surface area (Å²) < 4.78 is 0. The van der Waals surface area contributed by atoms with Crippen LogP contribution in [0.25, 0.3) is 0 Å². The van der Waals surface area contributed by atoms with Crippen LogP contribution < -0.4 is 0 Å². The predicted octanol–water partition coefficient (Wildman–Crippen LogP) is 3.83. The third-order valence-electron chi connectivity index (χ3n) is 3.07. The van der Waals surface area contributed by atoms with E-state index < -0.39 is 4.92 Å². The highest BCUT2D eigenvalue weighted by Gasteiger charge is 2.11. The SMILES string of the molecule is Cc1ccc(C)c(C=O)c1.Cc1ccc([N+](=O)[O-])c(C=O)c1. The van der Waals surface area contributed by atoms with E-state index in [-0.39, 0.29) is 11.3 Å². The number of rotatable bonds is 3. The molecule has 0 saturated carbocycles. The second-order valence-electron chi connectivity index (χ2n) is 4.92. The fourth-order valence-corrected chi connectivity index (χ4v) is 1.82. The number of aldehydes is 2. The lowest BCUT2D eigenvalue weighted by Gasteiger charge is -1.97. The van der Waals surface area contributed by atoms with Crippen molar-refractivity contribution in [3.63, 3.8) is 0 Å². The Morgan fingerprint density at radius 1 is 0.864 bits per heavy atom. The summed E-state index contributed by atoms with van der Waals surface area (Å²) in [5.41, 5.74) is 3.78. The molecule has 22 heavy (non-hydrogen) atoms. The highest BCUT2D eigenvalue weighted by atomic mass is 16.6. The average Bonchev–Trinajstić information content (AvgIpc) is 2.49. The van der Waals surface area contributed by atoms with Crippen molar-refractivity contribution in [2.75, 3.05) is 0 Å². The summed E-state index contributed by atoms with van der Waals surface area (Å²) in [6.45, 7) is 5.69. The third kappa shape index (κ3) is 4.63. The summed E-state index contributed by atoms with van der Waals surface area (Å²) in [5.74, 6) is 0. The minimum atomic E-state index is -0.566. The first-order valence-corrected chi connectivity index (χ1v) is 6.61. The molecule has 0 aliphatic carbocycles. The van der Waals surface area contributed by atoms with Gasteiger partial charge < -0.3 is 0 Å². The maximum atomic E-state index is 10.4. The Morgan fingerprint density at radius 2 is 1.36 bits per heavy atom. The normalized spacial score (nSPS) is 9.41. The number of nitro benzene ring substituents is 1. The molecule has 0 aliphatic rings. The standard InChI is InChI=1S/C9H10O.C8H7NO3/c1-7-3-4-8(2)9(5-7)6-10;1-6-2-3-8(9(11)12)7(4-6)5-10/h3-6H,1-2H3;2-5H,1H3. The van der Waals surface area contributed by atoms with Crippen LogP contribution >= 0.6 is 0 Å². The summed E-state index contributed by atoms with van der Waals surface area (Å²) in [6.07, 6.45) is 1.38. The third-order valence-corrected chi connectivity index (χ3v) is 3.07. The number of nitrogens with zero attached hydrogens (tertiary/aromatic N) is 1. The van der Waals surface area contributed by atoms with E-state index in [2.05, 4.69) is 0 Å². The van der Waals surface area contributed by atoms with Crippen molar-refractivity contribution in [3.8, 4) is 0 Å². The minimum absolute atomic E-state index is 0.125. The molecule has 0 fully saturated rings. The van der Waals surface area contributed by atoms with Gasteiger partial charge in [0.25, 0.3) is 5.69 Å². The van der Waals surface area contributed by atoms with E-state index in [4.69, 9.17) is 0 Å². The average molecular weight is 299 g/mol. The van der Waals surface area contributed by atoms with E-state index in [1.54, 1.807) is 13.0 Å². The van der Waals surface area contributed by atoms with Crippen molar-refractivity contribution in [3.05, 3.63) is 74.3 Å². The molecule has 0 N–H and O–H groups in total. The van der Waals surface area contributed by atoms with Gasteiger partial charge in [0.1, 0.15) is 6.29 Å². The van der Waals surface area contributed by atoms with E-state index in [0.717, 1.165) is 28.5 Å². The zero-order valence-corrected chi connectivity index (χ0v) is 12.7. The fraction of sp³-hybridized carbons (Fsp3) is 0.176. The zero-order valence-electron chi connectivity index (χ0n) is 12.7. The first-order valence-electron chi connectivity index (χ1n) is 6.61. The Bertz CT molecular complexity index is 708. The highest BCUT2D eigenvalue weighted by molar-refractivity contribution is 5.81. The molecule has 0 amide bonds. The summed E-state index contributed by atoms with van der Waals surface area (Å²) in [7, 11) is 0. The van der Waals surface area contributed by atoms with Gasteiger partial charge in [0.15, 0.2) is 6.29 Å². The number of hydrogen-bond acceptors (Lipinski definition) is 4. The van der Waals surface area contributed by atoms with E-state index in [1.807, 2.05) is 32.0 Å². The lowest BCUT2D eigenvalue weighted by atomic mass is 10.1. The van der Waals surface area contributed by atoms with Gasteiger partial charge in [-0.1, -0.05) is 23.8 Å². The molecule has 0 heterocycles. The highest BCUT2D eigenvalue weighted by Crippen LogP contribution is 2.17. The molecule has 0 aromatic heterocycles. The smallest absolute Gasteiger partial charge is 0.279 e. The number of hydrogen-bond donors (Lipinski definition) is 0. The molecule has 2 aromatic carbocycles. The van der Waals surface area contributed by atoms with Crippen LogP contribution in [0, 0.1) is 30.9 Å². The van der Waals surface area contributed by atoms with Crippen LogP contribution in [0.3, 0.4) is 0 Å². The van der Waals surface area contributed by atoms with Gasteiger partial charge in [0.2, 0.25) is 0 Å². The van der Waals surface area contributed by atoms with Crippen LogP contribution in [0.5, 0.6) is 0 Å². The molecule has 2 rings (SSSR count). The van der Waals surface area contributed by atoms with Gasteiger partial charge in [-0.15, -0.1) is 0 Å².